The van der Waals surface area contributed by atoms with Crippen LogP contribution in [0.25, 0.3) is 0 Å². The van der Waals surface area contributed by atoms with Crippen LogP contribution in [0.5, 0.6) is 0 Å². The summed E-state index contributed by atoms with van der Waals surface area (Å²) < 4.78 is 16.4. The fraction of sp³-hybridized carbons (Fsp3) is 0.826. The summed E-state index contributed by atoms with van der Waals surface area (Å²) in [5.74, 6) is -0.141. The number of rotatable bonds is 6. The monoisotopic (exact) mass is 466 g/mol. The molecule has 0 saturated carbocycles. The maximum absolute atomic E-state index is 13.7. The molecule has 2 amide bonds. The van der Waals surface area contributed by atoms with Crippen molar-refractivity contribution in [1.29, 1.82) is 0 Å². The maximum atomic E-state index is 13.7. The Kier molecular flexibility index (Phi) is 8.33. The first-order chi connectivity index (χ1) is 15.6. The molecule has 10 heteroatoms. The van der Waals surface area contributed by atoms with Gasteiger partial charge in [0.25, 0.3) is 11.6 Å². The molecule has 1 unspecified atom stereocenters. The molecule has 0 spiro atoms. The standard InChI is InChI=1S/C23H38N4O6/c1-22(2,3)33-21(30)27-16-23(32-15-10-18(28)31-4,20(29)26-13-6-5-7-14-26)25-19(27)17-8-11-24-12-9-17/h17,24H,5-16H2,1-4H3. The number of esters is 1. The lowest BCUT2D eigenvalue weighted by Gasteiger charge is -2.34. The zero-order valence-electron chi connectivity index (χ0n) is 20.4. The van der Waals surface area contributed by atoms with E-state index in [2.05, 4.69) is 5.32 Å². The third-order valence-corrected chi connectivity index (χ3v) is 6.11. The number of ether oxygens (including phenoxy) is 3. The van der Waals surface area contributed by atoms with Crippen LogP contribution < -0.4 is 5.32 Å². The smallest absolute Gasteiger partial charge is 0.415 e. The predicted molar refractivity (Wildman–Crippen MR) is 122 cm³/mol. The number of hydrogen-bond acceptors (Lipinski definition) is 8. The van der Waals surface area contributed by atoms with E-state index >= 15 is 0 Å². The summed E-state index contributed by atoms with van der Waals surface area (Å²) in [5.41, 5.74) is -2.27. The number of amidine groups is 1. The molecule has 33 heavy (non-hydrogen) atoms. The Morgan fingerprint density at radius 1 is 1.12 bits per heavy atom. The molecule has 3 rings (SSSR count). The number of likely N-dealkylation sites (tertiary alicyclic amines) is 1. The highest BCUT2D eigenvalue weighted by Crippen LogP contribution is 2.33. The van der Waals surface area contributed by atoms with Crippen molar-refractivity contribution in [3.63, 3.8) is 0 Å². The molecule has 0 aromatic rings. The Balaban J connectivity index is 1.92. The van der Waals surface area contributed by atoms with Crippen LogP contribution in [0.2, 0.25) is 0 Å². The van der Waals surface area contributed by atoms with Gasteiger partial charge in [0.1, 0.15) is 11.4 Å². The fourth-order valence-electron chi connectivity index (χ4n) is 4.45. The van der Waals surface area contributed by atoms with Crippen molar-refractivity contribution in [3.05, 3.63) is 0 Å². The molecule has 0 aromatic carbocycles. The van der Waals surface area contributed by atoms with E-state index in [0.29, 0.717) is 18.9 Å². The molecule has 3 aliphatic heterocycles. The van der Waals surface area contributed by atoms with Crippen molar-refractivity contribution in [2.24, 2.45) is 10.9 Å². The minimum atomic E-state index is -1.58. The number of nitrogens with one attached hydrogen (secondary N) is 1. The molecule has 0 radical (unpaired) electrons. The normalized spacial score (nSPS) is 24.4. The van der Waals surface area contributed by atoms with Gasteiger partial charge in [-0.05, 0) is 66.0 Å². The van der Waals surface area contributed by atoms with Crippen molar-refractivity contribution in [1.82, 2.24) is 15.1 Å². The van der Waals surface area contributed by atoms with E-state index in [1.165, 1.54) is 12.0 Å². The molecule has 0 aliphatic carbocycles. The molecule has 0 aromatic heterocycles. The van der Waals surface area contributed by atoms with E-state index in [1.54, 1.807) is 25.7 Å². The van der Waals surface area contributed by atoms with E-state index in [4.69, 9.17) is 19.2 Å². The first-order valence-electron chi connectivity index (χ1n) is 12.0. The van der Waals surface area contributed by atoms with Crippen LogP contribution in [0.15, 0.2) is 4.99 Å². The van der Waals surface area contributed by atoms with E-state index in [0.717, 1.165) is 45.2 Å². The van der Waals surface area contributed by atoms with Gasteiger partial charge in [-0.1, -0.05) is 0 Å². The SMILES string of the molecule is COC(=O)CCOC1(C(=O)N2CCCCC2)CN(C(=O)OC(C)(C)C)C(C2CCNCC2)=N1. The van der Waals surface area contributed by atoms with Crippen LogP contribution in [-0.4, -0.2) is 91.4 Å². The van der Waals surface area contributed by atoms with E-state index in [-0.39, 0.29) is 31.4 Å². The molecule has 1 N–H and O–H groups in total. The van der Waals surface area contributed by atoms with Crippen LogP contribution in [-0.2, 0) is 23.8 Å². The molecule has 10 nitrogen and oxygen atoms in total. The Morgan fingerprint density at radius 2 is 1.79 bits per heavy atom. The van der Waals surface area contributed by atoms with Gasteiger partial charge in [0.15, 0.2) is 0 Å². The Hall–Kier alpha value is -2.20. The van der Waals surface area contributed by atoms with Crippen LogP contribution in [0.3, 0.4) is 0 Å². The summed E-state index contributed by atoms with van der Waals surface area (Å²) in [6.45, 7) is 8.21. The molecular weight excluding hydrogens is 428 g/mol. The average Bonchev–Trinajstić information content (AvgIpc) is 3.20. The number of hydrogen-bond donors (Lipinski definition) is 1. The van der Waals surface area contributed by atoms with Gasteiger partial charge < -0.3 is 24.4 Å². The second-order valence-electron chi connectivity index (χ2n) is 9.87. The number of amides is 2. The predicted octanol–water partition coefficient (Wildman–Crippen LogP) is 1.92. The van der Waals surface area contributed by atoms with Crippen LogP contribution in [0.4, 0.5) is 4.79 Å². The van der Waals surface area contributed by atoms with Crippen molar-refractivity contribution >= 4 is 23.8 Å². The topological polar surface area (TPSA) is 110 Å². The van der Waals surface area contributed by atoms with E-state index in [1.807, 2.05) is 0 Å². The maximum Gasteiger partial charge on any atom is 0.415 e. The van der Waals surface area contributed by atoms with Crippen molar-refractivity contribution < 1.29 is 28.6 Å². The highest BCUT2D eigenvalue weighted by atomic mass is 16.6. The third-order valence-electron chi connectivity index (χ3n) is 6.11. The van der Waals surface area contributed by atoms with Gasteiger partial charge in [-0.2, -0.15) is 0 Å². The highest BCUT2D eigenvalue weighted by Gasteiger charge is 2.52. The van der Waals surface area contributed by atoms with Crippen LogP contribution >= 0.6 is 0 Å². The molecule has 3 heterocycles. The van der Waals surface area contributed by atoms with Gasteiger partial charge >= 0.3 is 12.1 Å². The molecular formula is C23H38N4O6. The fourth-order valence-corrected chi connectivity index (χ4v) is 4.45. The average molecular weight is 467 g/mol. The summed E-state index contributed by atoms with van der Waals surface area (Å²) in [6.07, 6.45) is 3.98. The summed E-state index contributed by atoms with van der Waals surface area (Å²) in [6, 6.07) is 0. The zero-order chi connectivity index (χ0) is 24.1. The van der Waals surface area contributed by atoms with Crippen LogP contribution in [0, 0.1) is 5.92 Å². The summed E-state index contributed by atoms with van der Waals surface area (Å²) in [7, 11) is 1.31. The Morgan fingerprint density at radius 3 is 2.39 bits per heavy atom. The second kappa shape index (κ2) is 10.8. The number of methoxy groups -OCH3 is 1. The summed E-state index contributed by atoms with van der Waals surface area (Å²) in [5, 5.41) is 3.32. The summed E-state index contributed by atoms with van der Waals surface area (Å²) in [4.78, 5) is 46.7. The van der Waals surface area contributed by atoms with Crippen molar-refractivity contribution in [2.75, 3.05) is 46.4 Å². The van der Waals surface area contributed by atoms with E-state index in [9.17, 15) is 14.4 Å². The molecule has 2 saturated heterocycles. The Labute approximate surface area is 196 Å². The van der Waals surface area contributed by atoms with Crippen LogP contribution in [0.1, 0.15) is 59.3 Å². The van der Waals surface area contributed by atoms with Gasteiger partial charge in [0, 0.05) is 19.0 Å². The first kappa shape index (κ1) is 25.4. The van der Waals surface area contributed by atoms with E-state index < -0.39 is 23.4 Å². The minimum Gasteiger partial charge on any atom is -0.469 e. The van der Waals surface area contributed by atoms with Crippen molar-refractivity contribution in [3.8, 4) is 0 Å². The van der Waals surface area contributed by atoms with Gasteiger partial charge in [-0.3, -0.25) is 14.5 Å². The van der Waals surface area contributed by atoms with Gasteiger partial charge in [-0.15, -0.1) is 0 Å². The number of nitrogens with zero attached hydrogens (tertiary/aromatic N) is 3. The summed E-state index contributed by atoms with van der Waals surface area (Å²) >= 11 is 0. The number of piperidine rings is 2. The molecule has 1 atom stereocenters. The lowest BCUT2D eigenvalue weighted by Crippen LogP contribution is -2.55. The highest BCUT2D eigenvalue weighted by molar-refractivity contribution is 6.02. The third kappa shape index (κ3) is 6.44. The number of carbonyl (C=O) groups excluding carboxylic acids is 3. The largest absolute Gasteiger partial charge is 0.469 e. The molecule has 0 bridgehead atoms. The quantitative estimate of drug-likeness (QED) is 0.596. The Bertz CT molecular complexity index is 753. The van der Waals surface area contributed by atoms with Gasteiger partial charge in [0.05, 0.1) is 26.7 Å². The second-order valence-corrected chi connectivity index (χ2v) is 9.87. The number of aliphatic imine (C=N–C) groups is 1. The zero-order valence-corrected chi connectivity index (χ0v) is 20.4. The number of carbonyl (C=O) groups is 3. The lowest BCUT2D eigenvalue weighted by atomic mass is 9.96. The van der Waals surface area contributed by atoms with Crippen molar-refractivity contribution in [2.45, 2.75) is 70.6 Å². The minimum absolute atomic E-state index is 0.00380. The molecule has 186 valence electrons. The molecule has 2 fully saturated rings. The van der Waals surface area contributed by atoms with Gasteiger partial charge in [0.2, 0.25) is 0 Å². The first-order valence-corrected chi connectivity index (χ1v) is 12.0. The molecule has 3 aliphatic rings. The van der Waals surface area contributed by atoms with Gasteiger partial charge in [-0.25, -0.2) is 9.79 Å². The lowest BCUT2D eigenvalue weighted by molar-refractivity contribution is -0.161.